The van der Waals surface area contributed by atoms with E-state index in [1.54, 1.807) is 33.3 Å². The predicted molar refractivity (Wildman–Crippen MR) is 151 cm³/mol. The third kappa shape index (κ3) is 7.33. The number of rotatable bonds is 7. The lowest BCUT2D eigenvalue weighted by atomic mass is 9.92. The number of benzene rings is 2. The Morgan fingerprint density at radius 2 is 1.71 bits per heavy atom. The molecule has 202 valence electrons. The SMILES string of the molecule is CC(C)(C)c1cc(NC(=O)Nc2ccc(Cl)cc2)n(-c2cccc(CNC(=O)NS(=O)N3CCCC3)c2)n1. The normalized spacial score (nSPS) is 14.6. The van der Waals surface area contributed by atoms with Crippen LogP contribution in [0.2, 0.25) is 5.02 Å². The number of nitrogens with one attached hydrogen (secondary N) is 4. The van der Waals surface area contributed by atoms with E-state index in [9.17, 15) is 13.8 Å². The Morgan fingerprint density at radius 1 is 1.00 bits per heavy atom. The second kappa shape index (κ2) is 12.0. The summed E-state index contributed by atoms with van der Waals surface area (Å²) in [7, 11) is 0. The summed E-state index contributed by atoms with van der Waals surface area (Å²) in [5.41, 5.74) is 2.67. The van der Waals surface area contributed by atoms with Gasteiger partial charge in [0, 0.05) is 41.8 Å². The van der Waals surface area contributed by atoms with E-state index in [-0.39, 0.29) is 12.0 Å². The number of carbonyl (C=O) groups is 2. The van der Waals surface area contributed by atoms with Crippen LogP contribution < -0.4 is 20.7 Å². The minimum absolute atomic E-state index is 0.226. The van der Waals surface area contributed by atoms with Gasteiger partial charge in [-0.3, -0.25) is 5.32 Å². The molecule has 4 N–H and O–H groups in total. The molecule has 4 amide bonds. The van der Waals surface area contributed by atoms with E-state index in [0.717, 1.165) is 24.1 Å². The van der Waals surface area contributed by atoms with Gasteiger partial charge in [0.1, 0.15) is 5.82 Å². The van der Waals surface area contributed by atoms with Gasteiger partial charge < -0.3 is 10.6 Å². The van der Waals surface area contributed by atoms with E-state index in [4.69, 9.17) is 16.7 Å². The molecule has 0 spiro atoms. The first-order chi connectivity index (χ1) is 18.1. The summed E-state index contributed by atoms with van der Waals surface area (Å²) in [6, 6.07) is 15.2. The highest BCUT2D eigenvalue weighted by Gasteiger charge is 2.22. The standard InChI is InChI=1S/C26H32ClN7O3S/c1-26(2,3)22-16-23(30-25(36)29-20-11-9-19(27)10-12-20)34(31-22)21-8-6-7-18(15-21)17-28-24(35)32-38(37)33-13-4-5-14-33/h6-12,15-16H,4-5,13-14,17H2,1-3H3,(H2,28,32,35)(H2,29,30,36). The Labute approximate surface area is 229 Å². The van der Waals surface area contributed by atoms with E-state index in [1.165, 1.54) is 0 Å². The van der Waals surface area contributed by atoms with Crippen LogP contribution in [-0.4, -0.2) is 43.4 Å². The summed E-state index contributed by atoms with van der Waals surface area (Å²) in [5.74, 6) is 0.491. The number of amides is 4. The summed E-state index contributed by atoms with van der Waals surface area (Å²) in [5, 5.41) is 13.8. The molecule has 1 unspecified atom stereocenters. The third-order valence-corrected chi connectivity index (χ3v) is 7.36. The molecule has 1 aromatic heterocycles. The van der Waals surface area contributed by atoms with Gasteiger partial charge in [-0.2, -0.15) is 5.10 Å². The molecule has 10 nitrogen and oxygen atoms in total. The number of anilines is 2. The number of hydrogen-bond acceptors (Lipinski definition) is 4. The minimum atomic E-state index is -1.54. The van der Waals surface area contributed by atoms with Crippen molar-refractivity contribution in [3.63, 3.8) is 0 Å². The van der Waals surface area contributed by atoms with Crippen molar-refractivity contribution in [3.8, 4) is 5.69 Å². The van der Waals surface area contributed by atoms with Crippen LogP contribution in [0.1, 0.15) is 44.9 Å². The molecular weight excluding hydrogens is 526 g/mol. The maximum Gasteiger partial charge on any atom is 0.327 e. The lowest BCUT2D eigenvalue weighted by Gasteiger charge is -2.15. The van der Waals surface area contributed by atoms with Gasteiger partial charge >= 0.3 is 12.1 Å². The monoisotopic (exact) mass is 557 g/mol. The van der Waals surface area contributed by atoms with Crippen molar-refractivity contribution in [3.05, 3.63) is 70.9 Å². The summed E-state index contributed by atoms with van der Waals surface area (Å²) in [6.07, 6.45) is 1.96. The highest BCUT2D eigenvalue weighted by molar-refractivity contribution is 7.81. The molecule has 1 aliphatic rings. The van der Waals surface area contributed by atoms with Crippen LogP contribution in [0.25, 0.3) is 5.69 Å². The molecule has 0 saturated carbocycles. The lowest BCUT2D eigenvalue weighted by Crippen LogP contribution is -2.42. The van der Waals surface area contributed by atoms with Crippen molar-refractivity contribution in [2.24, 2.45) is 0 Å². The van der Waals surface area contributed by atoms with Crippen molar-refractivity contribution < 1.29 is 13.8 Å². The van der Waals surface area contributed by atoms with Gasteiger partial charge in [-0.15, -0.1) is 0 Å². The molecule has 1 saturated heterocycles. The molecule has 1 aliphatic heterocycles. The average Bonchev–Trinajstić information content (AvgIpc) is 3.55. The molecule has 3 aromatic rings. The van der Waals surface area contributed by atoms with E-state index in [2.05, 4.69) is 20.7 Å². The summed E-state index contributed by atoms with van der Waals surface area (Å²) >= 11 is 4.39. The number of halogens is 1. The molecule has 0 bridgehead atoms. The first-order valence-electron chi connectivity index (χ1n) is 12.3. The largest absolute Gasteiger partial charge is 0.333 e. The van der Waals surface area contributed by atoms with Crippen LogP contribution in [0.4, 0.5) is 21.1 Å². The molecule has 38 heavy (non-hydrogen) atoms. The highest BCUT2D eigenvalue weighted by atomic mass is 35.5. The number of aromatic nitrogens is 2. The molecule has 0 radical (unpaired) electrons. The van der Waals surface area contributed by atoms with Crippen LogP contribution in [0.15, 0.2) is 54.6 Å². The van der Waals surface area contributed by atoms with Gasteiger partial charge in [-0.1, -0.05) is 44.5 Å². The van der Waals surface area contributed by atoms with E-state index in [1.807, 2.05) is 51.1 Å². The number of urea groups is 2. The van der Waals surface area contributed by atoms with Gasteiger partial charge in [0.2, 0.25) is 0 Å². The molecule has 4 rings (SSSR count). The van der Waals surface area contributed by atoms with Crippen molar-refractivity contribution in [2.45, 2.75) is 45.6 Å². The predicted octanol–water partition coefficient (Wildman–Crippen LogP) is 4.94. The van der Waals surface area contributed by atoms with Crippen LogP contribution in [0.3, 0.4) is 0 Å². The maximum atomic E-state index is 12.8. The highest BCUT2D eigenvalue weighted by Crippen LogP contribution is 2.27. The topological polar surface area (TPSA) is 120 Å². The Balaban J connectivity index is 1.47. The summed E-state index contributed by atoms with van der Waals surface area (Å²) in [6.45, 7) is 7.78. The number of hydrogen-bond donors (Lipinski definition) is 4. The molecule has 2 aromatic carbocycles. The van der Waals surface area contributed by atoms with E-state index in [0.29, 0.717) is 35.3 Å². The van der Waals surface area contributed by atoms with Crippen molar-refractivity contribution in [1.82, 2.24) is 24.1 Å². The van der Waals surface area contributed by atoms with Gasteiger partial charge in [0.05, 0.1) is 11.4 Å². The van der Waals surface area contributed by atoms with Crippen LogP contribution in [-0.2, 0) is 23.1 Å². The first-order valence-corrected chi connectivity index (χ1v) is 13.8. The van der Waals surface area contributed by atoms with Crippen LogP contribution >= 0.6 is 11.6 Å². The van der Waals surface area contributed by atoms with Crippen LogP contribution in [0, 0.1) is 0 Å². The Bertz CT molecular complexity index is 1320. The second-order valence-corrected chi connectivity index (χ2v) is 11.7. The lowest BCUT2D eigenvalue weighted by molar-refractivity contribution is 0.245. The fourth-order valence-electron chi connectivity index (χ4n) is 3.86. The molecular formula is C26H32ClN7O3S. The maximum absolute atomic E-state index is 12.8. The average molecular weight is 558 g/mol. The van der Waals surface area contributed by atoms with Gasteiger partial charge in [-0.05, 0) is 54.8 Å². The summed E-state index contributed by atoms with van der Waals surface area (Å²) < 4.78 is 18.1. The molecule has 1 fully saturated rings. The van der Waals surface area contributed by atoms with Gasteiger partial charge in [-0.25, -0.2) is 27.5 Å². The van der Waals surface area contributed by atoms with Crippen molar-refractivity contribution in [2.75, 3.05) is 23.7 Å². The Morgan fingerprint density at radius 3 is 2.39 bits per heavy atom. The fraction of sp³-hybridized carbons (Fsp3) is 0.346. The zero-order valence-electron chi connectivity index (χ0n) is 21.6. The van der Waals surface area contributed by atoms with E-state index >= 15 is 0 Å². The molecule has 12 heteroatoms. The van der Waals surface area contributed by atoms with Crippen LogP contribution in [0.5, 0.6) is 0 Å². The minimum Gasteiger partial charge on any atom is -0.333 e. The van der Waals surface area contributed by atoms with E-state index < -0.39 is 23.2 Å². The molecule has 0 aliphatic carbocycles. The fourth-order valence-corrected chi connectivity index (χ4v) is 4.94. The molecule has 2 heterocycles. The van der Waals surface area contributed by atoms with Gasteiger partial charge in [0.15, 0.2) is 11.2 Å². The smallest absolute Gasteiger partial charge is 0.327 e. The molecule has 1 atom stereocenters. The third-order valence-electron chi connectivity index (χ3n) is 5.91. The number of nitrogens with zero attached hydrogens (tertiary/aromatic N) is 3. The summed E-state index contributed by atoms with van der Waals surface area (Å²) in [4.78, 5) is 25.0. The first kappa shape index (κ1) is 27.6. The van der Waals surface area contributed by atoms with Crippen molar-refractivity contribution >= 4 is 46.3 Å². The Hall–Kier alpha value is -3.41. The second-order valence-electron chi connectivity index (χ2n) is 10.0. The zero-order chi connectivity index (χ0) is 27.3. The number of carbonyl (C=O) groups excluding carboxylic acids is 2. The quantitative estimate of drug-likeness (QED) is 0.329. The van der Waals surface area contributed by atoms with Crippen molar-refractivity contribution in [1.29, 1.82) is 0 Å². The zero-order valence-corrected chi connectivity index (χ0v) is 23.2. The Kier molecular flexibility index (Phi) is 8.70. The van der Waals surface area contributed by atoms with Gasteiger partial charge in [0.25, 0.3) is 0 Å².